The van der Waals surface area contributed by atoms with Crippen molar-refractivity contribution in [1.82, 2.24) is 19.9 Å². The first-order valence-electron chi connectivity index (χ1n) is 7.51. The standard InChI is InChI=1S/C17H13N5O2S/c23-17(14-6-15(24-21-14)16-8-18-11-25-16)20-13-7-19-22(10-13)9-12-4-2-1-3-5-12/h1-8,10-11H,9H2,(H,20,23). The van der Waals surface area contributed by atoms with Crippen LogP contribution >= 0.6 is 11.3 Å². The summed E-state index contributed by atoms with van der Waals surface area (Å²) >= 11 is 1.42. The van der Waals surface area contributed by atoms with Crippen LogP contribution in [-0.4, -0.2) is 25.8 Å². The SMILES string of the molecule is O=C(Nc1cnn(Cc2ccccc2)c1)c1cc(-c2cncs2)on1. The van der Waals surface area contributed by atoms with Gasteiger partial charge in [-0.25, -0.2) is 0 Å². The number of anilines is 1. The lowest BCUT2D eigenvalue weighted by molar-refractivity contribution is 0.101. The summed E-state index contributed by atoms with van der Waals surface area (Å²) in [5, 5.41) is 10.8. The van der Waals surface area contributed by atoms with Gasteiger partial charge in [-0.15, -0.1) is 11.3 Å². The Bertz CT molecular complexity index is 976. The van der Waals surface area contributed by atoms with Crippen LogP contribution in [-0.2, 0) is 6.54 Å². The molecule has 7 nitrogen and oxygen atoms in total. The van der Waals surface area contributed by atoms with Crippen LogP contribution in [0.15, 0.2) is 65.0 Å². The lowest BCUT2D eigenvalue weighted by Gasteiger charge is -2.01. The monoisotopic (exact) mass is 351 g/mol. The van der Waals surface area contributed by atoms with Crippen molar-refractivity contribution >= 4 is 22.9 Å². The molecule has 0 fully saturated rings. The van der Waals surface area contributed by atoms with Gasteiger partial charge < -0.3 is 9.84 Å². The Morgan fingerprint density at radius 1 is 1.24 bits per heavy atom. The molecule has 8 heteroatoms. The lowest BCUT2D eigenvalue weighted by atomic mass is 10.2. The van der Waals surface area contributed by atoms with Crippen molar-refractivity contribution in [3.8, 4) is 10.6 Å². The topological polar surface area (TPSA) is 85.8 Å². The predicted octanol–water partition coefficient (Wildman–Crippen LogP) is 3.30. The average molecular weight is 351 g/mol. The summed E-state index contributed by atoms with van der Waals surface area (Å²) in [7, 11) is 0. The largest absolute Gasteiger partial charge is 0.355 e. The van der Waals surface area contributed by atoms with Crippen LogP contribution in [0, 0.1) is 0 Å². The van der Waals surface area contributed by atoms with Gasteiger partial charge in [-0.1, -0.05) is 35.5 Å². The maximum Gasteiger partial charge on any atom is 0.277 e. The van der Waals surface area contributed by atoms with E-state index in [0.717, 1.165) is 10.4 Å². The second-order valence-electron chi connectivity index (χ2n) is 5.31. The Morgan fingerprint density at radius 2 is 2.12 bits per heavy atom. The summed E-state index contributed by atoms with van der Waals surface area (Å²) < 4.78 is 6.95. The molecule has 4 rings (SSSR count). The molecule has 124 valence electrons. The molecule has 1 amide bonds. The Morgan fingerprint density at radius 3 is 2.92 bits per heavy atom. The highest BCUT2D eigenvalue weighted by Crippen LogP contribution is 2.24. The van der Waals surface area contributed by atoms with E-state index in [-0.39, 0.29) is 11.6 Å². The van der Waals surface area contributed by atoms with Crippen molar-refractivity contribution in [3.05, 3.63) is 71.8 Å². The van der Waals surface area contributed by atoms with Crippen LogP contribution in [0.4, 0.5) is 5.69 Å². The van der Waals surface area contributed by atoms with Crippen molar-refractivity contribution in [2.24, 2.45) is 0 Å². The normalized spacial score (nSPS) is 10.7. The number of nitrogens with one attached hydrogen (secondary N) is 1. The van der Waals surface area contributed by atoms with Crippen LogP contribution in [0.1, 0.15) is 16.1 Å². The molecule has 0 saturated carbocycles. The van der Waals surface area contributed by atoms with E-state index in [0.29, 0.717) is 18.0 Å². The average Bonchev–Trinajstić information content (AvgIpc) is 3.37. The highest BCUT2D eigenvalue weighted by atomic mass is 32.1. The minimum Gasteiger partial charge on any atom is -0.355 e. The maximum atomic E-state index is 12.3. The number of thiazole rings is 1. The molecule has 0 radical (unpaired) electrons. The van der Waals surface area contributed by atoms with Crippen LogP contribution < -0.4 is 5.32 Å². The van der Waals surface area contributed by atoms with Gasteiger partial charge in [0.05, 0.1) is 28.8 Å². The molecule has 0 aliphatic heterocycles. The van der Waals surface area contributed by atoms with Crippen LogP contribution in [0.5, 0.6) is 0 Å². The number of carbonyl (C=O) groups excluding carboxylic acids is 1. The zero-order valence-electron chi connectivity index (χ0n) is 13.0. The molecule has 1 aromatic carbocycles. The van der Waals surface area contributed by atoms with Gasteiger partial charge in [0, 0.05) is 18.5 Å². The quantitative estimate of drug-likeness (QED) is 0.596. The fraction of sp³-hybridized carbons (Fsp3) is 0.0588. The number of carbonyl (C=O) groups is 1. The molecule has 0 bridgehead atoms. The fourth-order valence-electron chi connectivity index (χ4n) is 2.32. The molecule has 25 heavy (non-hydrogen) atoms. The van der Waals surface area contributed by atoms with Crippen molar-refractivity contribution in [2.75, 3.05) is 5.32 Å². The van der Waals surface area contributed by atoms with Gasteiger partial charge in [0.2, 0.25) is 0 Å². The highest BCUT2D eigenvalue weighted by molar-refractivity contribution is 7.13. The third-order valence-electron chi connectivity index (χ3n) is 3.50. The predicted molar refractivity (Wildman–Crippen MR) is 93.3 cm³/mol. The molecular formula is C17H13N5O2S. The van der Waals surface area contributed by atoms with Crippen LogP contribution in [0.25, 0.3) is 10.6 Å². The minimum absolute atomic E-state index is 0.208. The first-order valence-corrected chi connectivity index (χ1v) is 8.39. The number of hydrogen-bond donors (Lipinski definition) is 1. The van der Waals surface area contributed by atoms with E-state index in [1.54, 1.807) is 34.8 Å². The number of amides is 1. The molecule has 4 aromatic rings. The third-order valence-corrected chi connectivity index (χ3v) is 4.28. The number of benzene rings is 1. The molecule has 0 saturated heterocycles. The van der Waals surface area contributed by atoms with Gasteiger partial charge in [0.15, 0.2) is 11.5 Å². The summed E-state index contributed by atoms with van der Waals surface area (Å²) in [6.45, 7) is 0.635. The van der Waals surface area contributed by atoms with Gasteiger partial charge in [-0.2, -0.15) is 5.10 Å². The summed E-state index contributed by atoms with van der Waals surface area (Å²) in [4.78, 5) is 17.1. The number of aromatic nitrogens is 4. The Labute approximate surface area is 146 Å². The Balaban J connectivity index is 1.43. The molecule has 0 aliphatic rings. The first-order chi connectivity index (χ1) is 12.3. The second-order valence-corrected chi connectivity index (χ2v) is 6.19. The lowest BCUT2D eigenvalue weighted by Crippen LogP contribution is -2.11. The van der Waals surface area contributed by atoms with E-state index in [4.69, 9.17) is 4.52 Å². The van der Waals surface area contributed by atoms with Gasteiger partial charge in [-0.05, 0) is 5.56 Å². The van der Waals surface area contributed by atoms with Crippen molar-refractivity contribution in [2.45, 2.75) is 6.54 Å². The summed E-state index contributed by atoms with van der Waals surface area (Å²) in [6, 6.07) is 11.6. The number of nitrogens with zero attached hydrogens (tertiary/aromatic N) is 4. The van der Waals surface area contributed by atoms with Gasteiger partial charge >= 0.3 is 0 Å². The summed E-state index contributed by atoms with van der Waals surface area (Å²) in [5.41, 5.74) is 3.63. The van der Waals surface area contributed by atoms with Gasteiger partial charge in [0.1, 0.15) is 0 Å². The van der Waals surface area contributed by atoms with Crippen LogP contribution in [0.2, 0.25) is 0 Å². The highest BCUT2D eigenvalue weighted by Gasteiger charge is 2.15. The molecule has 0 unspecified atom stereocenters. The smallest absolute Gasteiger partial charge is 0.277 e. The van der Waals surface area contributed by atoms with E-state index < -0.39 is 0 Å². The fourth-order valence-corrected chi connectivity index (χ4v) is 2.89. The third kappa shape index (κ3) is 3.48. The van der Waals surface area contributed by atoms with Crippen molar-refractivity contribution in [3.63, 3.8) is 0 Å². The summed E-state index contributed by atoms with van der Waals surface area (Å²) in [6.07, 6.45) is 5.04. The van der Waals surface area contributed by atoms with Gasteiger partial charge in [0.25, 0.3) is 5.91 Å². The molecule has 3 heterocycles. The first kappa shape index (κ1) is 15.3. The molecule has 0 spiro atoms. The zero-order valence-corrected chi connectivity index (χ0v) is 13.8. The van der Waals surface area contributed by atoms with Crippen LogP contribution in [0.3, 0.4) is 0 Å². The van der Waals surface area contributed by atoms with E-state index in [1.807, 2.05) is 30.3 Å². The van der Waals surface area contributed by atoms with E-state index >= 15 is 0 Å². The summed E-state index contributed by atoms with van der Waals surface area (Å²) in [5.74, 6) is 0.172. The van der Waals surface area contributed by atoms with E-state index in [2.05, 4.69) is 20.6 Å². The minimum atomic E-state index is -0.348. The van der Waals surface area contributed by atoms with Crippen molar-refractivity contribution in [1.29, 1.82) is 0 Å². The zero-order chi connectivity index (χ0) is 17.1. The number of hydrogen-bond acceptors (Lipinski definition) is 6. The molecular weight excluding hydrogens is 338 g/mol. The molecule has 0 atom stereocenters. The molecule has 1 N–H and O–H groups in total. The van der Waals surface area contributed by atoms with Crippen molar-refractivity contribution < 1.29 is 9.32 Å². The van der Waals surface area contributed by atoms with E-state index in [1.165, 1.54) is 11.3 Å². The molecule has 3 aromatic heterocycles. The Kier molecular flexibility index (Phi) is 4.09. The molecule has 0 aliphatic carbocycles. The van der Waals surface area contributed by atoms with Gasteiger partial charge in [-0.3, -0.25) is 14.5 Å². The van der Waals surface area contributed by atoms with E-state index in [9.17, 15) is 4.79 Å². The Hall–Kier alpha value is -3.26. The number of rotatable bonds is 5. The second kappa shape index (κ2) is 6.70. The maximum absolute atomic E-state index is 12.3.